The lowest BCUT2D eigenvalue weighted by molar-refractivity contribution is 0.0979. The number of amides is 1. The fourth-order valence-electron chi connectivity index (χ4n) is 2.24. The summed E-state index contributed by atoms with van der Waals surface area (Å²) >= 11 is 17.1. The Bertz CT molecular complexity index is 929. The van der Waals surface area contributed by atoms with Crippen LogP contribution < -0.4 is 10.6 Å². The summed E-state index contributed by atoms with van der Waals surface area (Å²) in [5, 5.41) is 8.29. The molecule has 1 aromatic heterocycles. The van der Waals surface area contributed by atoms with E-state index in [2.05, 4.69) is 15.6 Å². The van der Waals surface area contributed by atoms with E-state index in [4.69, 9.17) is 35.4 Å². The predicted octanol–water partition coefficient (Wildman–Crippen LogP) is 4.67. The predicted molar refractivity (Wildman–Crippen MR) is 102 cm³/mol. The average molecular weight is 376 g/mol. The first kappa shape index (κ1) is 16.6. The van der Waals surface area contributed by atoms with Crippen molar-refractivity contribution in [3.8, 4) is 0 Å². The minimum absolute atomic E-state index is 0.147. The summed E-state index contributed by atoms with van der Waals surface area (Å²) in [6.45, 7) is 0. The Morgan fingerprint density at radius 1 is 1.00 bits per heavy atom. The molecule has 24 heavy (non-hydrogen) atoms. The molecule has 0 aliphatic carbocycles. The second-order valence-electron chi connectivity index (χ2n) is 4.91. The molecule has 1 amide bonds. The van der Waals surface area contributed by atoms with Crippen molar-refractivity contribution in [2.45, 2.75) is 0 Å². The normalized spacial score (nSPS) is 10.4. The molecule has 0 aliphatic heterocycles. The minimum atomic E-state index is -0.325. The van der Waals surface area contributed by atoms with Gasteiger partial charge >= 0.3 is 0 Å². The van der Waals surface area contributed by atoms with Crippen molar-refractivity contribution < 1.29 is 4.79 Å². The molecule has 4 nitrogen and oxygen atoms in total. The Labute approximate surface area is 153 Å². The van der Waals surface area contributed by atoms with Gasteiger partial charge in [0.2, 0.25) is 0 Å². The Balaban J connectivity index is 1.79. The van der Waals surface area contributed by atoms with E-state index in [0.29, 0.717) is 21.4 Å². The maximum Gasteiger partial charge on any atom is 0.258 e. The molecular weight excluding hydrogens is 365 g/mol. The van der Waals surface area contributed by atoms with E-state index in [9.17, 15) is 4.79 Å². The van der Waals surface area contributed by atoms with E-state index in [0.717, 1.165) is 10.8 Å². The molecule has 2 N–H and O–H groups in total. The summed E-state index contributed by atoms with van der Waals surface area (Å²) < 4.78 is 0. The lowest BCUT2D eigenvalue weighted by Crippen LogP contribution is -2.34. The third-order valence-electron chi connectivity index (χ3n) is 3.31. The highest BCUT2D eigenvalue weighted by Crippen LogP contribution is 2.25. The number of rotatable bonds is 2. The number of benzene rings is 2. The second kappa shape index (κ2) is 7.13. The van der Waals surface area contributed by atoms with E-state index in [1.807, 2.05) is 12.1 Å². The zero-order valence-corrected chi connectivity index (χ0v) is 14.5. The molecule has 120 valence electrons. The van der Waals surface area contributed by atoms with Crippen LogP contribution in [0.3, 0.4) is 0 Å². The fourth-order valence-corrected chi connectivity index (χ4v) is 2.78. The van der Waals surface area contributed by atoms with Gasteiger partial charge in [0.05, 0.1) is 5.02 Å². The van der Waals surface area contributed by atoms with Crippen LogP contribution in [-0.4, -0.2) is 16.0 Å². The lowest BCUT2D eigenvalue weighted by atomic mass is 10.0. The van der Waals surface area contributed by atoms with Crippen LogP contribution in [0.2, 0.25) is 10.0 Å². The van der Waals surface area contributed by atoms with Gasteiger partial charge in [0.15, 0.2) is 5.11 Å². The van der Waals surface area contributed by atoms with Crippen LogP contribution in [0, 0.1) is 0 Å². The van der Waals surface area contributed by atoms with Gasteiger partial charge in [0.1, 0.15) is 5.82 Å². The molecule has 3 rings (SSSR count). The number of hydrogen-bond donors (Lipinski definition) is 2. The lowest BCUT2D eigenvalue weighted by Gasteiger charge is -2.11. The van der Waals surface area contributed by atoms with Crippen LogP contribution in [0.25, 0.3) is 10.8 Å². The van der Waals surface area contributed by atoms with Gasteiger partial charge in [-0.05, 0) is 41.9 Å². The number of thiocarbonyl (C=S) groups is 1. The number of anilines is 1. The Morgan fingerprint density at radius 2 is 1.75 bits per heavy atom. The first-order valence-electron chi connectivity index (χ1n) is 6.96. The molecular formula is C17H11Cl2N3OS. The zero-order valence-electron chi connectivity index (χ0n) is 12.2. The number of aromatic nitrogens is 1. The first-order valence-corrected chi connectivity index (χ1v) is 8.12. The maximum atomic E-state index is 12.5. The number of pyridine rings is 1. The van der Waals surface area contributed by atoms with Gasteiger partial charge in [-0.15, -0.1) is 0 Å². The number of fused-ring (bicyclic) bond motifs is 1. The Hall–Kier alpha value is -2.21. The van der Waals surface area contributed by atoms with E-state index in [-0.39, 0.29) is 11.0 Å². The van der Waals surface area contributed by atoms with Gasteiger partial charge in [-0.25, -0.2) is 4.98 Å². The summed E-state index contributed by atoms with van der Waals surface area (Å²) in [5.41, 5.74) is 0.489. The van der Waals surface area contributed by atoms with Crippen molar-refractivity contribution in [2.24, 2.45) is 0 Å². The quantitative estimate of drug-likeness (QED) is 0.639. The van der Waals surface area contributed by atoms with Gasteiger partial charge in [-0.3, -0.25) is 10.1 Å². The molecule has 0 unspecified atom stereocenters. The van der Waals surface area contributed by atoms with Crippen molar-refractivity contribution in [1.29, 1.82) is 0 Å². The molecule has 0 aliphatic rings. The summed E-state index contributed by atoms with van der Waals surface area (Å²) in [6.07, 6.45) is 1.49. The van der Waals surface area contributed by atoms with E-state index < -0.39 is 0 Å². The first-order chi connectivity index (χ1) is 11.5. The van der Waals surface area contributed by atoms with Crippen LogP contribution in [0.4, 0.5) is 5.82 Å². The summed E-state index contributed by atoms with van der Waals surface area (Å²) in [5.74, 6) is 0.167. The summed E-state index contributed by atoms with van der Waals surface area (Å²) in [4.78, 5) is 16.6. The van der Waals surface area contributed by atoms with Crippen LogP contribution in [0.5, 0.6) is 0 Å². The van der Waals surface area contributed by atoms with Crippen molar-refractivity contribution in [1.82, 2.24) is 10.3 Å². The number of carbonyl (C=O) groups is 1. The van der Waals surface area contributed by atoms with Crippen LogP contribution in [0.1, 0.15) is 10.4 Å². The largest absolute Gasteiger partial charge is 0.317 e. The summed E-state index contributed by atoms with van der Waals surface area (Å²) in [7, 11) is 0. The van der Waals surface area contributed by atoms with Crippen LogP contribution in [0.15, 0.2) is 54.7 Å². The van der Waals surface area contributed by atoms with Crippen molar-refractivity contribution in [2.75, 3.05) is 5.32 Å². The number of nitrogens with zero attached hydrogens (tertiary/aromatic N) is 1. The number of halogens is 2. The minimum Gasteiger partial charge on any atom is -0.317 e. The average Bonchev–Trinajstić information content (AvgIpc) is 2.57. The SMILES string of the molecule is O=C(NC(=S)Nc1ccc(Cl)cn1)c1cccc2c(Cl)cccc12. The highest BCUT2D eigenvalue weighted by molar-refractivity contribution is 7.80. The molecule has 1 heterocycles. The van der Waals surface area contributed by atoms with E-state index in [1.165, 1.54) is 6.20 Å². The van der Waals surface area contributed by atoms with Gasteiger partial charge in [0.25, 0.3) is 5.91 Å². The number of hydrogen-bond acceptors (Lipinski definition) is 3. The molecule has 0 saturated carbocycles. The smallest absolute Gasteiger partial charge is 0.258 e. The molecule has 0 fully saturated rings. The number of nitrogens with one attached hydrogen (secondary N) is 2. The molecule has 0 saturated heterocycles. The number of carbonyl (C=O) groups excluding carboxylic acids is 1. The van der Waals surface area contributed by atoms with Crippen LogP contribution in [-0.2, 0) is 0 Å². The van der Waals surface area contributed by atoms with Gasteiger partial charge in [0, 0.05) is 22.2 Å². The second-order valence-corrected chi connectivity index (χ2v) is 6.16. The van der Waals surface area contributed by atoms with Gasteiger partial charge in [-0.1, -0.05) is 47.5 Å². The van der Waals surface area contributed by atoms with Gasteiger partial charge in [-0.2, -0.15) is 0 Å². The molecule has 0 radical (unpaired) electrons. The Kier molecular flexibility index (Phi) is 4.94. The Morgan fingerprint density at radius 3 is 2.50 bits per heavy atom. The summed E-state index contributed by atoms with van der Waals surface area (Å²) in [6, 6.07) is 14.1. The van der Waals surface area contributed by atoms with E-state index >= 15 is 0 Å². The highest BCUT2D eigenvalue weighted by Gasteiger charge is 2.12. The monoisotopic (exact) mass is 375 g/mol. The molecule has 0 atom stereocenters. The van der Waals surface area contributed by atoms with Crippen molar-refractivity contribution in [3.63, 3.8) is 0 Å². The van der Waals surface area contributed by atoms with Crippen molar-refractivity contribution in [3.05, 3.63) is 70.3 Å². The van der Waals surface area contributed by atoms with Gasteiger partial charge < -0.3 is 5.32 Å². The molecule has 0 spiro atoms. The fraction of sp³-hybridized carbons (Fsp3) is 0. The van der Waals surface area contributed by atoms with Crippen LogP contribution >= 0.6 is 35.4 Å². The molecule has 7 heteroatoms. The molecule has 3 aromatic rings. The topological polar surface area (TPSA) is 54.0 Å². The molecule has 0 bridgehead atoms. The maximum absolute atomic E-state index is 12.5. The third-order valence-corrected chi connectivity index (χ3v) is 4.07. The van der Waals surface area contributed by atoms with E-state index in [1.54, 1.807) is 36.4 Å². The highest BCUT2D eigenvalue weighted by atomic mass is 35.5. The van der Waals surface area contributed by atoms with Crippen molar-refractivity contribution >= 4 is 63.0 Å². The third kappa shape index (κ3) is 3.64. The standard InChI is InChI=1S/C17H11Cl2N3OS/c18-10-7-8-15(20-9-10)21-17(24)22-16(23)13-5-1-4-12-11(13)3-2-6-14(12)19/h1-9H,(H2,20,21,22,23,24). The zero-order chi connectivity index (χ0) is 17.1. The molecule has 2 aromatic carbocycles.